The van der Waals surface area contributed by atoms with Crippen LogP contribution in [0.4, 0.5) is 8.78 Å². The van der Waals surface area contributed by atoms with Crippen molar-refractivity contribution < 1.29 is 8.78 Å². The molecule has 2 aromatic rings. The maximum absolute atomic E-state index is 13.5. The summed E-state index contributed by atoms with van der Waals surface area (Å²) in [6.07, 6.45) is 0.782. The SMILES string of the molecule is Cc1ccc(/C=C/C(c2cc(C)c(C)c(Cl)c2)C(F)F)cc1Br. The quantitative estimate of drug-likeness (QED) is 0.515. The molecule has 0 saturated heterocycles. The third-order valence-corrected chi connectivity index (χ3v) is 5.22. The Kier molecular flexibility index (Phi) is 5.99. The van der Waals surface area contributed by atoms with Crippen molar-refractivity contribution in [2.24, 2.45) is 0 Å². The largest absolute Gasteiger partial charge is 0.248 e. The van der Waals surface area contributed by atoms with Crippen molar-refractivity contribution in [3.63, 3.8) is 0 Å². The summed E-state index contributed by atoms with van der Waals surface area (Å²) in [6, 6.07) is 9.20. The summed E-state index contributed by atoms with van der Waals surface area (Å²) in [4.78, 5) is 0. The number of allylic oxidation sites excluding steroid dienone is 1. The van der Waals surface area contributed by atoms with Crippen LogP contribution in [0.5, 0.6) is 0 Å². The lowest BCUT2D eigenvalue weighted by molar-refractivity contribution is 0.132. The van der Waals surface area contributed by atoms with Gasteiger partial charge >= 0.3 is 0 Å². The molecular formula is C19H18BrClF2. The van der Waals surface area contributed by atoms with Gasteiger partial charge in [0.25, 0.3) is 0 Å². The smallest absolute Gasteiger partial charge is 0.209 e. The Labute approximate surface area is 149 Å². The van der Waals surface area contributed by atoms with Gasteiger partial charge in [0, 0.05) is 9.50 Å². The van der Waals surface area contributed by atoms with Gasteiger partial charge in [-0.05, 0) is 60.7 Å². The van der Waals surface area contributed by atoms with Gasteiger partial charge in [0.05, 0.1) is 5.92 Å². The summed E-state index contributed by atoms with van der Waals surface area (Å²) >= 11 is 9.60. The first-order valence-electron chi connectivity index (χ1n) is 7.28. The van der Waals surface area contributed by atoms with E-state index in [1.54, 1.807) is 24.3 Å². The van der Waals surface area contributed by atoms with Crippen molar-refractivity contribution in [3.8, 4) is 0 Å². The van der Waals surface area contributed by atoms with E-state index in [0.717, 1.165) is 26.7 Å². The van der Waals surface area contributed by atoms with Gasteiger partial charge in [-0.25, -0.2) is 8.78 Å². The highest BCUT2D eigenvalue weighted by Crippen LogP contribution is 2.31. The highest BCUT2D eigenvalue weighted by molar-refractivity contribution is 9.10. The second-order valence-corrected chi connectivity index (χ2v) is 6.93. The van der Waals surface area contributed by atoms with Gasteiger partial charge < -0.3 is 0 Å². The highest BCUT2D eigenvalue weighted by Gasteiger charge is 2.21. The Balaban J connectivity index is 2.35. The van der Waals surface area contributed by atoms with Crippen LogP contribution in [0.15, 0.2) is 40.9 Å². The lowest BCUT2D eigenvalue weighted by Crippen LogP contribution is -2.07. The first kappa shape index (κ1) is 18.2. The van der Waals surface area contributed by atoms with Gasteiger partial charge in [-0.3, -0.25) is 0 Å². The van der Waals surface area contributed by atoms with E-state index in [1.807, 2.05) is 39.0 Å². The second-order valence-electron chi connectivity index (χ2n) is 5.67. The number of alkyl halides is 2. The molecule has 0 nitrogen and oxygen atoms in total. The van der Waals surface area contributed by atoms with Crippen LogP contribution in [-0.2, 0) is 0 Å². The molecule has 0 amide bonds. The molecule has 122 valence electrons. The maximum atomic E-state index is 13.5. The molecule has 0 radical (unpaired) electrons. The molecule has 0 N–H and O–H groups in total. The Bertz CT molecular complexity index is 715. The van der Waals surface area contributed by atoms with Gasteiger partial charge in [-0.1, -0.05) is 57.9 Å². The maximum Gasteiger partial charge on any atom is 0.248 e. The van der Waals surface area contributed by atoms with E-state index in [2.05, 4.69) is 15.9 Å². The minimum Gasteiger partial charge on any atom is -0.209 e. The first-order chi connectivity index (χ1) is 10.8. The van der Waals surface area contributed by atoms with Crippen molar-refractivity contribution in [2.45, 2.75) is 33.1 Å². The molecule has 1 unspecified atom stereocenters. The van der Waals surface area contributed by atoms with Crippen LogP contribution >= 0.6 is 27.5 Å². The molecule has 0 spiro atoms. The Morgan fingerprint density at radius 3 is 2.30 bits per heavy atom. The summed E-state index contributed by atoms with van der Waals surface area (Å²) < 4.78 is 27.9. The molecule has 0 bridgehead atoms. The molecule has 4 heteroatoms. The molecule has 0 saturated carbocycles. The van der Waals surface area contributed by atoms with Gasteiger partial charge in [-0.2, -0.15) is 0 Å². The average molecular weight is 400 g/mol. The predicted molar refractivity (Wildman–Crippen MR) is 97.6 cm³/mol. The van der Waals surface area contributed by atoms with Gasteiger partial charge in [0.1, 0.15) is 0 Å². The average Bonchev–Trinajstić information content (AvgIpc) is 2.48. The Morgan fingerprint density at radius 1 is 1.04 bits per heavy atom. The van der Waals surface area contributed by atoms with Gasteiger partial charge in [0.2, 0.25) is 6.43 Å². The van der Waals surface area contributed by atoms with Crippen LogP contribution in [0.2, 0.25) is 5.02 Å². The predicted octanol–water partition coefficient (Wildman–Crippen LogP) is 7.09. The van der Waals surface area contributed by atoms with Crippen molar-refractivity contribution in [3.05, 3.63) is 73.7 Å². The normalized spacial score (nSPS) is 13.0. The van der Waals surface area contributed by atoms with E-state index in [4.69, 9.17) is 11.6 Å². The molecule has 2 rings (SSSR count). The zero-order chi connectivity index (χ0) is 17.1. The number of hydrogen-bond acceptors (Lipinski definition) is 0. The molecule has 1 atom stereocenters. The standard InChI is InChI=1S/C19H18BrClF2/c1-11-4-5-14(9-17(11)20)6-7-16(19(22)23)15-8-12(2)13(3)18(21)10-15/h4-10,16,19H,1-3H3/b7-6+. The van der Waals surface area contributed by atoms with Crippen molar-refractivity contribution in [1.82, 2.24) is 0 Å². The van der Waals surface area contributed by atoms with Crippen molar-refractivity contribution >= 4 is 33.6 Å². The molecule has 0 aromatic heterocycles. The monoisotopic (exact) mass is 398 g/mol. The van der Waals surface area contributed by atoms with E-state index < -0.39 is 12.3 Å². The van der Waals surface area contributed by atoms with Gasteiger partial charge in [0.15, 0.2) is 0 Å². The fraction of sp³-hybridized carbons (Fsp3) is 0.263. The van der Waals surface area contributed by atoms with Crippen molar-refractivity contribution in [2.75, 3.05) is 0 Å². The number of aryl methyl sites for hydroxylation is 2. The topological polar surface area (TPSA) is 0 Å². The van der Waals surface area contributed by atoms with Crippen LogP contribution in [0.1, 0.15) is 33.7 Å². The van der Waals surface area contributed by atoms with Crippen LogP contribution in [0, 0.1) is 20.8 Å². The van der Waals surface area contributed by atoms with E-state index in [0.29, 0.717) is 10.6 Å². The number of halogens is 4. The summed E-state index contributed by atoms with van der Waals surface area (Å²) in [6.45, 7) is 5.75. The molecule has 23 heavy (non-hydrogen) atoms. The van der Waals surface area contributed by atoms with Crippen LogP contribution in [0.3, 0.4) is 0 Å². The lowest BCUT2D eigenvalue weighted by Gasteiger charge is -2.15. The second kappa shape index (κ2) is 7.59. The molecule has 0 fully saturated rings. The van der Waals surface area contributed by atoms with Crippen LogP contribution < -0.4 is 0 Å². The summed E-state index contributed by atoms with van der Waals surface area (Å²) in [7, 11) is 0. The van der Waals surface area contributed by atoms with E-state index in [9.17, 15) is 8.78 Å². The fourth-order valence-electron chi connectivity index (χ4n) is 2.30. The zero-order valence-corrected chi connectivity index (χ0v) is 15.5. The van der Waals surface area contributed by atoms with Crippen LogP contribution in [0.25, 0.3) is 6.08 Å². The van der Waals surface area contributed by atoms with E-state index in [-0.39, 0.29) is 0 Å². The number of rotatable bonds is 4. The third kappa shape index (κ3) is 4.42. The fourth-order valence-corrected chi connectivity index (χ4v) is 2.97. The summed E-state index contributed by atoms with van der Waals surface area (Å²) in [5, 5.41) is 0.525. The molecule has 0 aliphatic rings. The van der Waals surface area contributed by atoms with E-state index in [1.165, 1.54) is 0 Å². The lowest BCUT2D eigenvalue weighted by atomic mass is 9.94. The summed E-state index contributed by atoms with van der Waals surface area (Å²) in [5.41, 5.74) is 4.37. The number of hydrogen-bond donors (Lipinski definition) is 0. The molecule has 0 heterocycles. The molecular weight excluding hydrogens is 382 g/mol. The Hall–Kier alpha value is -1.19. The summed E-state index contributed by atoms with van der Waals surface area (Å²) in [5.74, 6) is -0.980. The number of benzene rings is 2. The first-order valence-corrected chi connectivity index (χ1v) is 8.46. The molecule has 2 aromatic carbocycles. The Morgan fingerprint density at radius 2 is 1.74 bits per heavy atom. The zero-order valence-electron chi connectivity index (χ0n) is 13.2. The van der Waals surface area contributed by atoms with Crippen molar-refractivity contribution in [1.29, 1.82) is 0 Å². The minimum absolute atomic E-state index is 0.525. The third-order valence-electron chi connectivity index (χ3n) is 3.97. The minimum atomic E-state index is -2.49. The van der Waals surface area contributed by atoms with Gasteiger partial charge in [-0.15, -0.1) is 0 Å². The highest BCUT2D eigenvalue weighted by atomic mass is 79.9. The molecule has 0 aliphatic heterocycles. The van der Waals surface area contributed by atoms with E-state index >= 15 is 0 Å². The molecule has 0 aliphatic carbocycles. The van der Waals surface area contributed by atoms with Crippen LogP contribution in [-0.4, -0.2) is 6.43 Å².